The number of nitrogens with zero attached hydrogens (tertiary/aromatic N) is 2. The van der Waals surface area contributed by atoms with E-state index in [1.165, 1.54) is 4.90 Å². The SMILES string of the molecule is COc1ccc([C@@H]2[C@H]3C(=O)N(c4ccc(C)cc4C)C(=O)[C@@H]3ON2c2ccccc2)cc1Br. The van der Waals surface area contributed by atoms with Crippen LogP contribution in [-0.4, -0.2) is 25.0 Å². The lowest BCUT2D eigenvalue weighted by atomic mass is 9.90. The molecule has 0 bridgehead atoms. The van der Waals surface area contributed by atoms with Crippen LogP contribution in [0.15, 0.2) is 71.2 Å². The second kappa shape index (κ2) is 8.32. The van der Waals surface area contributed by atoms with Gasteiger partial charge in [0.05, 0.1) is 29.0 Å². The first-order valence-corrected chi connectivity index (χ1v) is 11.5. The highest BCUT2D eigenvalue weighted by molar-refractivity contribution is 9.10. The van der Waals surface area contributed by atoms with Crippen LogP contribution in [0, 0.1) is 19.8 Å². The van der Waals surface area contributed by atoms with E-state index in [4.69, 9.17) is 9.57 Å². The number of hydrogen-bond donors (Lipinski definition) is 0. The summed E-state index contributed by atoms with van der Waals surface area (Å²) < 4.78 is 6.14. The Morgan fingerprint density at radius 3 is 2.36 bits per heavy atom. The molecular formula is C26H23BrN2O4. The van der Waals surface area contributed by atoms with Crippen molar-refractivity contribution in [3.05, 3.63) is 87.9 Å². The molecule has 2 aliphatic heterocycles. The second-order valence-electron chi connectivity index (χ2n) is 8.35. The monoisotopic (exact) mass is 506 g/mol. The Labute approximate surface area is 200 Å². The predicted octanol–water partition coefficient (Wildman–Crippen LogP) is 5.13. The number of imide groups is 1. The number of anilines is 2. The third-order valence-electron chi connectivity index (χ3n) is 6.24. The maximum absolute atomic E-state index is 13.8. The van der Waals surface area contributed by atoms with E-state index in [0.29, 0.717) is 11.4 Å². The van der Waals surface area contributed by atoms with Crippen molar-refractivity contribution < 1.29 is 19.2 Å². The Kier molecular flexibility index (Phi) is 5.46. The lowest BCUT2D eigenvalue weighted by Crippen LogP contribution is -2.37. The quantitative estimate of drug-likeness (QED) is 0.459. The van der Waals surface area contributed by atoms with Gasteiger partial charge >= 0.3 is 0 Å². The van der Waals surface area contributed by atoms with E-state index < -0.39 is 18.1 Å². The second-order valence-corrected chi connectivity index (χ2v) is 9.21. The first-order chi connectivity index (χ1) is 15.9. The summed E-state index contributed by atoms with van der Waals surface area (Å²) in [5.41, 5.74) is 4.18. The summed E-state index contributed by atoms with van der Waals surface area (Å²) in [6, 6.07) is 20.4. The van der Waals surface area contributed by atoms with Crippen LogP contribution in [0.2, 0.25) is 0 Å². The number of hydroxylamine groups is 1. The van der Waals surface area contributed by atoms with E-state index in [1.54, 1.807) is 12.2 Å². The Hall–Kier alpha value is -3.16. The van der Waals surface area contributed by atoms with Gasteiger partial charge in [-0.1, -0.05) is 42.0 Å². The first kappa shape index (κ1) is 21.7. The number of methoxy groups -OCH3 is 1. The number of benzene rings is 3. The molecule has 168 valence electrons. The maximum atomic E-state index is 13.8. The summed E-state index contributed by atoms with van der Waals surface area (Å²) in [6.07, 6.45) is -0.899. The average Bonchev–Trinajstić information content (AvgIpc) is 3.31. The minimum atomic E-state index is -0.899. The number of ether oxygens (including phenoxy) is 1. The zero-order valence-electron chi connectivity index (χ0n) is 18.5. The number of hydrogen-bond acceptors (Lipinski definition) is 5. The lowest BCUT2D eigenvalue weighted by Gasteiger charge is -2.29. The molecule has 0 saturated carbocycles. The number of carbonyl (C=O) groups is 2. The number of amides is 2. The first-order valence-electron chi connectivity index (χ1n) is 10.7. The fourth-order valence-electron chi connectivity index (χ4n) is 4.71. The molecule has 33 heavy (non-hydrogen) atoms. The van der Waals surface area contributed by atoms with Gasteiger partial charge in [0.1, 0.15) is 11.7 Å². The van der Waals surface area contributed by atoms with Crippen molar-refractivity contribution in [2.24, 2.45) is 5.92 Å². The minimum Gasteiger partial charge on any atom is -0.496 e. The number of carbonyl (C=O) groups excluding carboxylic acids is 2. The van der Waals surface area contributed by atoms with Crippen molar-refractivity contribution in [1.29, 1.82) is 0 Å². The van der Waals surface area contributed by atoms with Gasteiger partial charge in [0.15, 0.2) is 6.10 Å². The number of halogens is 1. The van der Waals surface area contributed by atoms with E-state index in [1.807, 2.05) is 80.6 Å². The zero-order valence-corrected chi connectivity index (χ0v) is 20.1. The smallest absolute Gasteiger partial charge is 0.266 e. The van der Waals surface area contributed by atoms with Gasteiger partial charge in [-0.3, -0.25) is 14.4 Å². The Morgan fingerprint density at radius 2 is 1.70 bits per heavy atom. The molecule has 6 nitrogen and oxygen atoms in total. The normalized spacial score (nSPS) is 22.1. The molecule has 0 N–H and O–H groups in total. The van der Waals surface area contributed by atoms with E-state index in [9.17, 15) is 9.59 Å². The topological polar surface area (TPSA) is 59.1 Å². The molecule has 2 heterocycles. The van der Waals surface area contributed by atoms with Crippen LogP contribution < -0.4 is 14.7 Å². The molecule has 3 atom stereocenters. The molecule has 0 aliphatic carbocycles. The number of aryl methyl sites for hydroxylation is 2. The van der Waals surface area contributed by atoms with Crippen LogP contribution in [0.3, 0.4) is 0 Å². The van der Waals surface area contributed by atoms with E-state index in [-0.39, 0.29) is 11.8 Å². The van der Waals surface area contributed by atoms with Gasteiger partial charge in [-0.25, -0.2) is 9.96 Å². The fraction of sp³-hybridized carbons (Fsp3) is 0.231. The van der Waals surface area contributed by atoms with Crippen molar-refractivity contribution in [3.63, 3.8) is 0 Å². The van der Waals surface area contributed by atoms with Gasteiger partial charge in [-0.05, 0) is 71.2 Å². The Balaban J connectivity index is 1.60. The van der Waals surface area contributed by atoms with Crippen molar-refractivity contribution >= 4 is 39.1 Å². The molecular weight excluding hydrogens is 484 g/mol. The van der Waals surface area contributed by atoms with Gasteiger partial charge in [0.2, 0.25) is 5.91 Å². The van der Waals surface area contributed by atoms with Crippen molar-refractivity contribution in [3.8, 4) is 5.75 Å². The highest BCUT2D eigenvalue weighted by Crippen LogP contribution is 2.48. The summed E-state index contributed by atoms with van der Waals surface area (Å²) in [5.74, 6) is -0.592. The van der Waals surface area contributed by atoms with Crippen molar-refractivity contribution in [2.45, 2.75) is 26.0 Å². The summed E-state index contributed by atoms with van der Waals surface area (Å²) >= 11 is 3.55. The lowest BCUT2D eigenvalue weighted by molar-refractivity contribution is -0.126. The summed E-state index contributed by atoms with van der Waals surface area (Å²) in [6.45, 7) is 3.89. The average molecular weight is 507 g/mol. The predicted molar refractivity (Wildman–Crippen MR) is 129 cm³/mol. The molecule has 2 saturated heterocycles. The maximum Gasteiger partial charge on any atom is 0.266 e. The van der Waals surface area contributed by atoms with Crippen LogP contribution >= 0.6 is 15.9 Å². The van der Waals surface area contributed by atoms with E-state index >= 15 is 0 Å². The Morgan fingerprint density at radius 1 is 0.939 bits per heavy atom. The third kappa shape index (κ3) is 3.52. The number of rotatable bonds is 4. The molecule has 2 amide bonds. The largest absolute Gasteiger partial charge is 0.496 e. The molecule has 0 radical (unpaired) electrons. The van der Waals surface area contributed by atoms with Gasteiger partial charge in [0, 0.05) is 0 Å². The van der Waals surface area contributed by atoms with Gasteiger partial charge in [0.25, 0.3) is 5.91 Å². The van der Waals surface area contributed by atoms with Crippen molar-refractivity contribution in [2.75, 3.05) is 17.1 Å². The molecule has 2 aliphatic rings. The molecule has 3 aromatic rings. The molecule has 5 rings (SSSR count). The van der Waals surface area contributed by atoms with E-state index in [0.717, 1.165) is 26.9 Å². The van der Waals surface area contributed by atoms with Crippen LogP contribution in [-0.2, 0) is 14.4 Å². The van der Waals surface area contributed by atoms with Crippen molar-refractivity contribution in [1.82, 2.24) is 0 Å². The van der Waals surface area contributed by atoms with E-state index in [2.05, 4.69) is 15.9 Å². The summed E-state index contributed by atoms with van der Waals surface area (Å²) in [5, 5.41) is 1.69. The van der Waals surface area contributed by atoms with Crippen LogP contribution in [0.4, 0.5) is 11.4 Å². The van der Waals surface area contributed by atoms with Gasteiger partial charge < -0.3 is 4.74 Å². The van der Waals surface area contributed by atoms with Gasteiger partial charge in [-0.2, -0.15) is 0 Å². The zero-order chi connectivity index (χ0) is 23.3. The molecule has 0 spiro atoms. The Bertz CT molecular complexity index is 1250. The third-order valence-corrected chi connectivity index (χ3v) is 6.86. The molecule has 2 fully saturated rings. The number of para-hydroxylation sites is 1. The van der Waals surface area contributed by atoms with Crippen LogP contribution in [0.25, 0.3) is 0 Å². The summed E-state index contributed by atoms with van der Waals surface area (Å²) in [7, 11) is 1.60. The minimum absolute atomic E-state index is 0.257. The summed E-state index contributed by atoms with van der Waals surface area (Å²) in [4.78, 5) is 34.7. The fourth-order valence-corrected chi connectivity index (χ4v) is 5.27. The standard InChI is InChI=1S/C26H23BrN2O4/c1-15-9-11-20(16(2)13-15)28-25(30)22-23(17-10-12-21(32-3)19(27)14-17)29(33-24(22)26(28)31)18-7-5-4-6-8-18/h4-14,22-24H,1-3H3/t22-,23-,24-/m1/s1. The van der Waals surface area contributed by atoms with Crippen LogP contribution in [0.1, 0.15) is 22.7 Å². The van der Waals surface area contributed by atoms with Crippen LogP contribution in [0.5, 0.6) is 5.75 Å². The molecule has 0 unspecified atom stereocenters. The highest BCUT2D eigenvalue weighted by Gasteiger charge is 2.60. The molecule has 3 aromatic carbocycles. The van der Waals surface area contributed by atoms with Gasteiger partial charge in [-0.15, -0.1) is 0 Å². The number of fused-ring (bicyclic) bond motifs is 1. The molecule has 7 heteroatoms. The highest BCUT2D eigenvalue weighted by atomic mass is 79.9. The molecule has 0 aromatic heterocycles.